The molecule has 0 spiro atoms. The van der Waals surface area contributed by atoms with Gasteiger partial charge >= 0.3 is 0 Å². The fraction of sp³-hybridized carbons (Fsp3) is 0.615. The predicted molar refractivity (Wildman–Crippen MR) is 138 cm³/mol. The highest BCUT2D eigenvalue weighted by atomic mass is 32.2. The van der Waals surface area contributed by atoms with Crippen molar-refractivity contribution in [1.82, 2.24) is 14.3 Å². The van der Waals surface area contributed by atoms with E-state index >= 15 is 0 Å². The number of rotatable bonds is 8. The van der Waals surface area contributed by atoms with Crippen LogP contribution in [0.25, 0.3) is 11.1 Å². The molecule has 1 aliphatic carbocycles. The van der Waals surface area contributed by atoms with Gasteiger partial charge in [0.1, 0.15) is 18.0 Å². The van der Waals surface area contributed by atoms with E-state index in [-0.39, 0.29) is 12.2 Å². The van der Waals surface area contributed by atoms with E-state index < -0.39 is 10.0 Å². The van der Waals surface area contributed by atoms with E-state index in [2.05, 4.69) is 17.2 Å². The molecule has 196 valence electrons. The summed E-state index contributed by atoms with van der Waals surface area (Å²) in [6.07, 6.45) is 9.10. The first-order valence-electron chi connectivity index (χ1n) is 12.9. The maximum atomic E-state index is 11.8. The second kappa shape index (κ2) is 10.9. The normalized spacial score (nSPS) is 27.2. The lowest BCUT2D eigenvalue weighted by Gasteiger charge is -2.27. The lowest BCUT2D eigenvalue weighted by atomic mass is 9.87. The first-order chi connectivity index (χ1) is 17.3. The van der Waals surface area contributed by atoms with Crippen molar-refractivity contribution in [2.24, 2.45) is 5.92 Å². The van der Waals surface area contributed by atoms with Gasteiger partial charge < -0.3 is 19.5 Å². The molecular formula is C26H36N4O5S. The standard InChI is InChI=1S/C26H36N4O5S/c1-18-3-7-20(8-4-18)28-26-27-15-24(25(29-26)35-23-12-14-33-17-23)19-5-9-21(10-6-19)34-22-11-13-30(16-22)36(2,31)32/h5-6,9-10,15,18,20,22-23H,3-4,7-8,11-14,16-17H2,1-2H3,(H,27,28,29)/t18-,20+,22?,23-/m1/s1. The van der Waals surface area contributed by atoms with Gasteiger partial charge in [-0.15, -0.1) is 0 Å². The topological polar surface area (TPSA) is 103 Å². The molecule has 2 aromatic rings. The van der Waals surface area contributed by atoms with Crippen molar-refractivity contribution in [3.8, 4) is 22.8 Å². The molecule has 0 amide bonds. The van der Waals surface area contributed by atoms with Crippen LogP contribution in [-0.4, -0.2) is 73.5 Å². The molecule has 2 aliphatic heterocycles. The SMILES string of the molecule is CS(=O)(=O)N1CCC(Oc2ccc(-c3cnc(N[C@H]4CC[C@@H](C)CC4)nc3O[C@@H]3CCOC3)cc2)C1. The number of hydrogen-bond donors (Lipinski definition) is 1. The first kappa shape index (κ1) is 25.2. The van der Waals surface area contributed by atoms with E-state index in [1.165, 1.54) is 23.4 Å². The molecular weight excluding hydrogens is 480 g/mol. The molecule has 1 aromatic carbocycles. The summed E-state index contributed by atoms with van der Waals surface area (Å²) in [6.45, 7) is 4.44. The molecule has 1 aromatic heterocycles. The summed E-state index contributed by atoms with van der Waals surface area (Å²) in [4.78, 5) is 9.38. The largest absolute Gasteiger partial charge is 0.489 e. The van der Waals surface area contributed by atoms with Crippen LogP contribution in [0, 0.1) is 5.92 Å². The Morgan fingerprint density at radius 1 is 1.03 bits per heavy atom. The Hall–Kier alpha value is -2.43. The number of nitrogens with zero attached hydrogens (tertiary/aromatic N) is 3. The van der Waals surface area contributed by atoms with Gasteiger partial charge in [-0.05, 0) is 55.7 Å². The average molecular weight is 517 g/mol. The molecule has 1 saturated carbocycles. The molecule has 36 heavy (non-hydrogen) atoms. The van der Waals surface area contributed by atoms with Gasteiger partial charge in [-0.25, -0.2) is 13.4 Å². The molecule has 10 heteroatoms. The summed E-state index contributed by atoms with van der Waals surface area (Å²) in [7, 11) is -3.19. The van der Waals surface area contributed by atoms with E-state index in [0.29, 0.717) is 56.3 Å². The zero-order valence-corrected chi connectivity index (χ0v) is 21.9. The number of ether oxygens (including phenoxy) is 3. The Kier molecular flexibility index (Phi) is 7.64. The van der Waals surface area contributed by atoms with Crippen LogP contribution >= 0.6 is 0 Å². The summed E-state index contributed by atoms with van der Waals surface area (Å²) in [5.74, 6) is 2.65. The summed E-state index contributed by atoms with van der Waals surface area (Å²) in [5, 5.41) is 3.51. The van der Waals surface area contributed by atoms with Crippen molar-refractivity contribution in [2.75, 3.05) is 37.9 Å². The minimum Gasteiger partial charge on any atom is -0.489 e. The molecule has 1 N–H and O–H groups in total. The third-order valence-electron chi connectivity index (χ3n) is 7.31. The Labute approximate surface area is 213 Å². The Balaban J connectivity index is 1.30. The molecule has 9 nitrogen and oxygen atoms in total. The van der Waals surface area contributed by atoms with Crippen LogP contribution in [-0.2, 0) is 14.8 Å². The van der Waals surface area contributed by atoms with Crippen LogP contribution in [0.4, 0.5) is 5.95 Å². The van der Waals surface area contributed by atoms with E-state index in [1.807, 2.05) is 30.5 Å². The van der Waals surface area contributed by atoms with Gasteiger partial charge in [-0.3, -0.25) is 0 Å². The lowest BCUT2D eigenvalue weighted by Crippen LogP contribution is -2.29. The highest BCUT2D eigenvalue weighted by Crippen LogP contribution is 2.33. The molecule has 2 saturated heterocycles. The highest BCUT2D eigenvalue weighted by molar-refractivity contribution is 7.88. The highest BCUT2D eigenvalue weighted by Gasteiger charge is 2.30. The van der Waals surface area contributed by atoms with Crippen LogP contribution in [0.15, 0.2) is 30.5 Å². The fourth-order valence-corrected chi connectivity index (χ4v) is 5.95. The van der Waals surface area contributed by atoms with Gasteiger partial charge in [0.2, 0.25) is 21.9 Å². The van der Waals surface area contributed by atoms with E-state index in [4.69, 9.17) is 19.2 Å². The van der Waals surface area contributed by atoms with Gasteiger partial charge in [-0.1, -0.05) is 19.1 Å². The molecule has 3 aliphatic rings. The van der Waals surface area contributed by atoms with E-state index in [9.17, 15) is 8.42 Å². The number of anilines is 1. The molecule has 1 unspecified atom stereocenters. The quantitative estimate of drug-likeness (QED) is 0.566. The molecule has 0 radical (unpaired) electrons. The second-order valence-electron chi connectivity index (χ2n) is 10.3. The van der Waals surface area contributed by atoms with Crippen LogP contribution in [0.3, 0.4) is 0 Å². The average Bonchev–Trinajstić information content (AvgIpc) is 3.54. The summed E-state index contributed by atoms with van der Waals surface area (Å²) in [5.41, 5.74) is 1.75. The smallest absolute Gasteiger partial charge is 0.226 e. The Morgan fingerprint density at radius 2 is 1.81 bits per heavy atom. The van der Waals surface area contributed by atoms with Gasteiger partial charge in [0.25, 0.3) is 0 Å². The van der Waals surface area contributed by atoms with Crippen molar-refractivity contribution in [3.63, 3.8) is 0 Å². The maximum Gasteiger partial charge on any atom is 0.226 e. The van der Waals surface area contributed by atoms with Gasteiger partial charge in [0, 0.05) is 25.2 Å². The molecule has 0 bridgehead atoms. The van der Waals surface area contributed by atoms with Gasteiger partial charge in [-0.2, -0.15) is 9.29 Å². The molecule has 3 heterocycles. The Bertz CT molecular complexity index is 1130. The van der Waals surface area contributed by atoms with Crippen molar-refractivity contribution >= 4 is 16.0 Å². The third-order valence-corrected chi connectivity index (χ3v) is 8.58. The number of sulfonamides is 1. The minimum atomic E-state index is -3.19. The second-order valence-corrected chi connectivity index (χ2v) is 12.3. The predicted octanol–water partition coefficient (Wildman–Crippen LogP) is 3.71. The van der Waals surface area contributed by atoms with Gasteiger partial charge in [0.05, 0.1) is 31.6 Å². The summed E-state index contributed by atoms with van der Waals surface area (Å²) >= 11 is 0. The Morgan fingerprint density at radius 3 is 2.47 bits per heavy atom. The molecule has 2 atom stereocenters. The molecule has 3 fully saturated rings. The third kappa shape index (κ3) is 6.27. The van der Waals surface area contributed by atoms with Crippen molar-refractivity contribution in [1.29, 1.82) is 0 Å². The van der Waals surface area contributed by atoms with Crippen molar-refractivity contribution in [2.45, 2.75) is 63.7 Å². The van der Waals surface area contributed by atoms with E-state index in [1.54, 1.807) is 0 Å². The van der Waals surface area contributed by atoms with Crippen molar-refractivity contribution < 1.29 is 22.6 Å². The zero-order valence-electron chi connectivity index (χ0n) is 21.1. The molecule has 5 rings (SSSR count). The number of nitrogens with one attached hydrogen (secondary N) is 1. The summed E-state index contributed by atoms with van der Waals surface area (Å²) in [6, 6.07) is 8.11. The number of hydrogen-bond acceptors (Lipinski definition) is 8. The van der Waals surface area contributed by atoms with Crippen molar-refractivity contribution in [3.05, 3.63) is 30.5 Å². The lowest BCUT2D eigenvalue weighted by molar-refractivity contribution is 0.138. The van der Waals surface area contributed by atoms with E-state index in [0.717, 1.165) is 36.3 Å². The van der Waals surface area contributed by atoms with Crippen LogP contribution in [0.2, 0.25) is 0 Å². The minimum absolute atomic E-state index is 0.0233. The zero-order chi connectivity index (χ0) is 25.1. The van der Waals surface area contributed by atoms with Crippen LogP contribution in [0.1, 0.15) is 45.4 Å². The van der Waals surface area contributed by atoms with Crippen LogP contribution in [0.5, 0.6) is 11.6 Å². The van der Waals surface area contributed by atoms with Crippen LogP contribution < -0.4 is 14.8 Å². The number of aromatic nitrogens is 2. The summed E-state index contributed by atoms with van der Waals surface area (Å²) < 4.78 is 42.8. The maximum absolute atomic E-state index is 11.8. The monoisotopic (exact) mass is 516 g/mol. The van der Waals surface area contributed by atoms with Gasteiger partial charge in [0.15, 0.2) is 0 Å². The number of benzene rings is 1. The first-order valence-corrected chi connectivity index (χ1v) is 14.8. The fourth-order valence-electron chi connectivity index (χ4n) is 5.07.